The summed E-state index contributed by atoms with van der Waals surface area (Å²) in [6.45, 7) is 24.1. The molecule has 0 unspecified atom stereocenters. The monoisotopic (exact) mass is 580 g/mol. The van der Waals surface area contributed by atoms with E-state index in [1.165, 1.54) is 66.8 Å². The molecule has 2 aliphatic rings. The van der Waals surface area contributed by atoms with Crippen molar-refractivity contribution in [3.8, 4) is 22.3 Å². The molecule has 0 fully saturated rings. The van der Waals surface area contributed by atoms with Gasteiger partial charge in [0.2, 0.25) is 0 Å². The molecule has 0 bridgehead atoms. The predicted octanol–water partition coefficient (Wildman–Crippen LogP) is 12.0. The normalized spacial score (nSPS) is 14.8. The van der Waals surface area contributed by atoms with Crippen molar-refractivity contribution < 1.29 is 0 Å². The molecule has 43 heavy (non-hydrogen) atoms. The molecule has 0 aromatic heterocycles. The van der Waals surface area contributed by atoms with E-state index in [0.29, 0.717) is 0 Å². The minimum absolute atomic E-state index is 0.146. The molecule has 0 saturated heterocycles. The van der Waals surface area contributed by atoms with Gasteiger partial charge in [-0.25, -0.2) is 0 Å². The van der Waals surface area contributed by atoms with Crippen LogP contribution in [0.15, 0.2) is 83.2 Å². The van der Waals surface area contributed by atoms with E-state index >= 15 is 0 Å². The number of rotatable bonds is 4. The highest BCUT2D eigenvalue weighted by atomic mass is 28.3. The van der Waals surface area contributed by atoms with Crippen LogP contribution in [-0.4, -0.2) is 8.07 Å². The fourth-order valence-electron chi connectivity index (χ4n) is 9.24. The fourth-order valence-corrected chi connectivity index (χ4v) is 17.4. The lowest BCUT2D eigenvalue weighted by atomic mass is 9.95. The zero-order chi connectivity index (χ0) is 30.9. The second-order valence-electron chi connectivity index (χ2n) is 15.5. The zero-order valence-electron chi connectivity index (χ0n) is 28.0. The number of hydrogen-bond acceptors (Lipinski definition) is 0. The van der Waals surface area contributed by atoms with Gasteiger partial charge in [-0.1, -0.05) is 159 Å². The van der Waals surface area contributed by atoms with Gasteiger partial charge in [0.25, 0.3) is 0 Å². The van der Waals surface area contributed by atoms with Crippen LogP contribution in [0.5, 0.6) is 0 Å². The summed E-state index contributed by atoms with van der Waals surface area (Å²) < 4.78 is 0. The molecule has 0 N–H and O–H groups in total. The third-order valence-corrected chi connectivity index (χ3v) is 17.1. The average Bonchev–Trinajstić information content (AvgIpc) is 3.50. The van der Waals surface area contributed by atoms with Gasteiger partial charge in [0, 0.05) is 0 Å². The van der Waals surface area contributed by atoms with E-state index in [-0.39, 0.29) is 10.1 Å². The lowest BCUT2D eigenvalue weighted by molar-refractivity contribution is 0.622. The molecular formula is C42H48Si. The summed E-state index contributed by atoms with van der Waals surface area (Å²) in [7, 11) is -2.30. The van der Waals surface area contributed by atoms with Crippen LogP contribution >= 0.6 is 0 Å². The highest BCUT2D eigenvalue weighted by Gasteiger charge is 2.58. The zero-order valence-corrected chi connectivity index (χ0v) is 29.0. The third-order valence-electron chi connectivity index (χ3n) is 10.1. The van der Waals surface area contributed by atoms with E-state index in [4.69, 9.17) is 0 Å². The van der Waals surface area contributed by atoms with Crippen molar-refractivity contribution >= 4 is 20.2 Å². The number of aryl methyl sites for hydroxylation is 4. The van der Waals surface area contributed by atoms with Gasteiger partial charge in [-0.15, -0.1) is 0 Å². The van der Waals surface area contributed by atoms with Crippen LogP contribution in [-0.2, 0) is 12.8 Å². The number of hydrogen-bond donors (Lipinski definition) is 0. The van der Waals surface area contributed by atoms with Crippen LogP contribution in [0.25, 0.3) is 34.4 Å². The highest BCUT2D eigenvalue weighted by molar-refractivity contribution is 6.98. The molecule has 6 rings (SSSR count). The molecule has 1 heteroatoms. The molecule has 0 amide bonds. The molecule has 0 aliphatic heterocycles. The lowest BCUT2D eigenvalue weighted by Crippen LogP contribution is -2.56. The molecular weight excluding hydrogens is 533 g/mol. The van der Waals surface area contributed by atoms with Crippen molar-refractivity contribution in [3.63, 3.8) is 0 Å². The second kappa shape index (κ2) is 10.3. The second-order valence-corrected chi connectivity index (χ2v) is 21.2. The van der Waals surface area contributed by atoms with Crippen LogP contribution in [0.1, 0.15) is 86.1 Å². The molecule has 0 saturated carbocycles. The maximum atomic E-state index is 2.65. The van der Waals surface area contributed by atoms with Gasteiger partial charge in [0.15, 0.2) is 0 Å². The van der Waals surface area contributed by atoms with Crippen LogP contribution in [0.3, 0.4) is 0 Å². The number of allylic oxidation sites excluding steroid dienone is 2. The Balaban J connectivity index is 1.56. The topological polar surface area (TPSA) is 0 Å². The Bertz CT molecular complexity index is 1640. The molecule has 4 aromatic rings. The van der Waals surface area contributed by atoms with Crippen molar-refractivity contribution in [2.45, 2.75) is 92.2 Å². The summed E-state index contributed by atoms with van der Waals surface area (Å²) in [6, 6.07) is 28.0. The molecule has 0 radical (unpaired) electrons. The predicted molar refractivity (Wildman–Crippen MR) is 191 cm³/mol. The molecule has 0 nitrogen and oxygen atoms in total. The van der Waals surface area contributed by atoms with Gasteiger partial charge < -0.3 is 0 Å². The lowest BCUT2D eigenvalue weighted by Gasteiger charge is -2.54. The molecule has 0 spiro atoms. The molecule has 0 heterocycles. The maximum absolute atomic E-state index is 2.65. The van der Waals surface area contributed by atoms with Crippen LogP contribution < -0.4 is 0 Å². The van der Waals surface area contributed by atoms with E-state index in [2.05, 4.69) is 154 Å². The van der Waals surface area contributed by atoms with E-state index in [1.807, 2.05) is 0 Å². The molecule has 4 aromatic carbocycles. The number of fused-ring (bicyclic) bond motifs is 2. The first kappa shape index (κ1) is 29.6. The minimum Gasteiger partial charge on any atom is -0.0699 e. The van der Waals surface area contributed by atoms with Crippen molar-refractivity contribution in [3.05, 3.63) is 128 Å². The summed E-state index contributed by atoms with van der Waals surface area (Å²) >= 11 is 0. The summed E-state index contributed by atoms with van der Waals surface area (Å²) in [5, 5.41) is 3.69. The van der Waals surface area contributed by atoms with E-state index in [0.717, 1.165) is 12.8 Å². The smallest absolute Gasteiger partial charge is 0.0699 e. The van der Waals surface area contributed by atoms with Crippen molar-refractivity contribution in [1.82, 2.24) is 0 Å². The van der Waals surface area contributed by atoms with Crippen LogP contribution in [0, 0.1) is 27.7 Å². The van der Waals surface area contributed by atoms with E-state index in [9.17, 15) is 0 Å². The quantitative estimate of drug-likeness (QED) is 0.211. The Morgan fingerprint density at radius 2 is 0.837 bits per heavy atom. The van der Waals surface area contributed by atoms with Crippen LogP contribution in [0.2, 0.25) is 10.1 Å². The van der Waals surface area contributed by atoms with Gasteiger partial charge in [0.05, 0.1) is 0 Å². The van der Waals surface area contributed by atoms with Crippen molar-refractivity contribution in [1.29, 1.82) is 0 Å². The fraction of sp³-hybridized carbons (Fsp3) is 0.333. The summed E-state index contributed by atoms with van der Waals surface area (Å²) in [5.74, 6) is 0. The van der Waals surface area contributed by atoms with Gasteiger partial charge >= 0.3 is 0 Å². The SMILES string of the molecule is Cc1cc(C)cc(-c2cccc3c2C=C([Si](C2=Cc4c(cccc4-c4cc(C)cc(C)c4)C2)(C(C)(C)C)C(C)(C)C)C3)c1. The Kier molecular flexibility index (Phi) is 7.13. The third kappa shape index (κ3) is 4.91. The van der Waals surface area contributed by atoms with Crippen molar-refractivity contribution in [2.75, 3.05) is 0 Å². The number of benzene rings is 4. The largest absolute Gasteiger partial charge is 0.120 e. The molecule has 2 aliphatic carbocycles. The van der Waals surface area contributed by atoms with E-state index in [1.54, 1.807) is 10.4 Å². The van der Waals surface area contributed by atoms with Gasteiger partial charge in [-0.3, -0.25) is 0 Å². The first-order valence-corrected chi connectivity index (χ1v) is 18.0. The average molecular weight is 581 g/mol. The Morgan fingerprint density at radius 1 is 0.488 bits per heavy atom. The molecule has 220 valence electrons. The van der Waals surface area contributed by atoms with Gasteiger partial charge in [0.1, 0.15) is 8.07 Å². The summed E-state index contributed by atoms with van der Waals surface area (Å²) in [4.78, 5) is 0. The van der Waals surface area contributed by atoms with Gasteiger partial charge in [-0.05, 0) is 95.1 Å². The Labute approximate surface area is 261 Å². The van der Waals surface area contributed by atoms with Gasteiger partial charge in [-0.2, -0.15) is 0 Å². The van der Waals surface area contributed by atoms with E-state index < -0.39 is 8.07 Å². The Hall–Kier alpha value is -3.42. The molecule has 0 atom stereocenters. The first-order valence-electron chi connectivity index (χ1n) is 16.0. The summed E-state index contributed by atoms with van der Waals surface area (Å²) in [5.41, 5.74) is 16.6. The Morgan fingerprint density at radius 3 is 1.16 bits per heavy atom. The van der Waals surface area contributed by atoms with Crippen LogP contribution in [0.4, 0.5) is 0 Å². The minimum atomic E-state index is -2.30. The van der Waals surface area contributed by atoms with Crippen molar-refractivity contribution in [2.24, 2.45) is 0 Å². The summed E-state index contributed by atoms with van der Waals surface area (Å²) in [6.07, 6.45) is 7.43. The standard InChI is InChI=1S/C42H48Si/c1-27-17-28(2)20-33(19-27)37-15-11-13-31-23-35(25-39(31)37)43(41(5,6)7,42(8,9)10)36-24-32-14-12-16-38(40(32)26-36)34-21-29(3)18-30(4)22-34/h11-22,25-26H,23-24H2,1-10H3. The highest BCUT2D eigenvalue weighted by Crippen LogP contribution is 2.62. The maximum Gasteiger partial charge on any atom is 0.120 e. The first-order chi connectivity index (χ1) is 20.2.